The first-order valence-electron chi connectivity index (χ1n) is 7.51. The zero-order valence-electron chi connectivity index (χ0n) is 13.3. The molecule has 5 nitrogen and oxygen atoms in total. The maximum Gasteiger partial charge on any atom is 0.255 e. The Labute approximate surface area is 158 Å². The fourth-order valence-electron chi connectivity index (χ4n) is 2.22. The molecule has 0 spiro atoms. The summed E-state index contributed by atoms with van der Waals surface area (Å²) in [5.41, 5.74) is 3.10. The van der Waals surface area contributed by atoms with Crippen LogP contribution < -0.4 is 5.32 Å². The average molecular weight is 415 g/mol. The Morgan fingerprint density at radius 1 is 1.20 bits per heavy atom. The molecule has 7 heteroatoms. The second-order valence-electron chi connectivity index (χ2n) is 5.45. The zero-order valence-corrected chi connectivity index (χ0v) is 15.7. The highest BCUT2D eigenvalue weighted by molar-refractivity contribution is 9.10. The fraction of sp³-hybridized carbons (Fsp3) is 0.0556. The Kier molecular flexibility index (Phi) is 5.25. The number of nitrogens with one attached hydrogen (secondary N) is 3. The van der Waals surface area contributed by atoms with Crippen LogP contribution in [0.1, 0.15) is 27.3 Å². The van der Waals surface area contributed by atoms with Gasteiger partial charge in [-0.3, -0.25) is 15.0 Å². The molecule has 0 aliphatic carbocycles. The van der Waals surface area contributed by atoms with Crippen molar-refractivity contribution in [2.24, 2.45) is 0 Å². The summed E-state index contributed by atoms with van der Waals surface area (Å²) in [4.78, 5) is 16.8. The topological polar surface area (TPSA) is 73.6 Å². The largest absolute Gasteiger partial charge is 0.319 e. The van der Waals surface area contributed by atoms with Crippen molar-refractivity contribution >= 4 is 45.8 Å². The number of hydrogen-bond donors (Lipinski definition) is 3. The molecule has 0 bridgehead atoms. The molecule has 0 fully saturated rings. The molecule has 0 aliphatic rings. The second kappa shape index (κ2) is 7.58. The minimum atomic E-state index is -0.219. The maximum atomic E-state index is 12.6. The highest BCUT2D eigenvalue weighted by Gasteiger charge is 2.12. The summed E-state index contributed by atoms with van der Waals surface area (Å²) in [5, 5.41) is 8.51. The van der Waals surface area contributed by atoms with Crippen molar-refractivity contribution < 1.29 is 4.79 Å². The molecule has 126 valence electrons. The predicted octanol–water partition coefficient (Wildman–Crippen LogP) is 4.47. The Hall–Kier alpha value is -2.51. The van der Waals surface area contributed by atoms with Crippen LogP contribution in [0.5, 0.6) is 0 Å². The second-order valence-corrected chi connectivity index (χ2v) is 6.75. The number of halogens is 1. The molecule has 1 amide bonds. The van der Waals surface area contributed by atoms with Crippen LogP contribution in [0.4, 0.5) is 0 Å². The van der Waals surface area contributed by atoms with E-state index < -0.39 is 0 Å². The maximum absolute atomic E-state index is 12.6. The summed E-state index contributed by atoms with van der Waals surface area (Å²) in [5.74, 6) is 0.244. The number of carbonyl (C=O) groups excluding carboxylic acids is 1. The molecular weight excluding hydrogens is 400 g/mol. The van der Waals surface area contributed by atoms with Crippen molar-refractivity contribution in [2.45, 2.75) is 6.92 Å². The molecule has 25 heavy (non-hydrogen) atoms. The first-order valence-corrected chi connectivity index (χ1v) is 8.72. The van der Waals surface area contributed by atoms with E-state index in [0.29, 0.717) is 21.9 Å². The number of aryl methyl sites for hydroxylation is 1. The van der Waals surface area contributed by atoms with Gasteiger partial charge >= 0.3 is 0 Å². The van der Waals surface area contributed by atoms with Crippen molar-refractivity contribution in [3.63, 3.8) is 0 Å². The van der Waals surface area contributed by atoms with E-state index >= 15 is 0 Å². The lowest BCUT2D eigenvalue weighted by Gasteiger charge is -2.08. The van der Waals surface area contributed by atoms with E-state index in [4.69, 9.17) is 12.2 Å². The van der Waals surface area contributed by atoms with Crippen LogP contribution >= 0.6 is 28.1 Å². The summed E-state index contributed by atoms with van der Waals surface area (Å²) < 4.78 is 1.26. The molecule has 3 rings (SSSR count). The Bertz CT molecular complexity index is 989. The molecule has 0 aliphatic heterocycles. The molecule has 3 aromatic rings. The minimum absolute atomic E-state index is 0.219. The number of H-pyrrole nitrogens is 2. The van der Waals surface area contributed by atoms with E-state index in [1.165, 1.54) is 0 Å². The van der Waals surface area contributed by atoms with Crippen molar-refractivity contribution in [1.82, 2.24) is 20.5 Å². The number of rotatable bonds is 4. The molecule has 1 heterocycles. The number of amides is 1. The van der Waals surface area contributed by atoms with E-state index in [9.17, 15) is 4.79 Å². The van der Waals surface area contributed by atoms with Crippen LogP contribution in [0, 0.1) is 11.7 Å². The van der Waals surface area contributed by atoms with Crippen molar-refractivity contribution in [1.29, 1.82) is 0 Å². The number of aromatic amines is 2. The van der Waals surface area contributed by atoms with Crippen LogP contribution in [0.25, 0.3) is 11.8 Å². The summed E-state index contributed by atoms with van der Waals surface area (Å²) in [6.45, 7) is 1.98. The summed E-state index contributed by atoms with van der Waals surface area (Å²) in [6.07, 6.45) is 1.83. The molecular formula is C18H15BrN4OS. The summed E-state index contributed by atoms with van der Waals surface area (Å²) in [6, 6.07) is 15.1. The van der Waals surface area contributed by atoms with Crippen LogP contribution in [-0.2, 0) is 0 Å². The van der Waals surface area contributed by atoms with Crippen LogP contribution in [0.15, 0.2) is 53.0 Å². The number of carbonyl (C=O) groups is 1. The lowest BCUT2D eigenvalue weighted by molar-refractivity contribution is 0.0973. The van der Waals surface area contributed by atoms with Crippen LogP contribution in [0.3, 0.4) is 0 Å². The Morgan fingerprint density at radius 3 is 2.60 bits per heavy atom. The van der Waals surface area contributed by atoms with Gasteiger partial charge in [0, 0.05) is 10.0 Å². The minimum Gasteiger partial charge on any atom is -0.319 e. The third-order valence-corrected chi connectivity index (χ3v) is 4.16. The Morgan fingerprint density at radius 2 is 1.96 bits per heavy atom. The molecule has 0 unspecified atom stereocenters. The number of nitrogens with zero attached hydrogens (tertiary/aromatic N) is 1. The van der Waals surface area contributed by atoms with Gasteiger partial charge in [0.2, 0.25) is 4.77 Å². The Balaban J connectivity index is 1.95. The van der Waals surface area contributed by atoms with Crippen LogP contribution in [-0.4, -0.2) is 21.1 Å². The zero-order chi connectivity index (χ0) is 17.8. The molecule has 0 radical (unpaired) electrons. The lowest BCUT2D eigenvalue weighted by atomic mass is 10.1. The first kappa shape index (κ1) is 17.3. The molecule has 0 saturated carbocycles. The standard InChI is InChI=1S/C18H15BrN4OS/c1-11-5-7-13(8-6-11)17(24)20-15(16-21-18(25)23-22-16)10-12-3-2-4-14(19)9-12/h2-10H,1H3,(H,20,24)(H2,21,22,23,25)/b15-10+. The highest BCUT2D eigenvalue weighted by Crippen LogP contribution is 2.17. The van der Waals surface area contributed by atoms with Gasteiger partial charge in [-0.25, -0.2) is 0 Å². The predicted molar refractivity (Wildman–Crippen MR) is 104 cm³/mol. The third kappa shape index (κ3) is 4.52. The summed E-state index contributed by atoms with van der Waals surface area (Å²) >= 11 is 8.46. The van der Waals surface area contributed by atoms with Gasteiger partial charge in [-0.2, -0.15) is 4.98 Å². The molecule has 1 aromatic heterocycles. The van der Waals surface area contributed by atoms with Crippen molar-refractivity contribution in [2.75, 3.05) is 0 Å². The van der Waals surface area contributed by atoms with E-state index in [0.717, 1.165) is 15.6 Å². The van der Waals surface area contributed by atoms with E-state index in [1.54, 1.807) is 12.1 Å². The lowest BCUT2D eigenvalue weighted by Crippen LogP contribution is -2.22. The highest BCUT2D eigenvalue weighted by atomic mass is 79.9. The van der Waals surface area contributed by atoms with E-state index in [-0.39, 0.29) is 5.91 Å². The van der Waals surface area contributed by atoms with Crippen molar-refractivity contribution in [3.05, 3.63) is 80.3 Å². The monoisotopic (exact) mass is 414 g/mol. The van der Waals surface area contributed by atoms with Gasteiger partial charge in [-0.05, 0) is 55.0 Å². The number of hydrogen-bond acceptors (Lipinski definition) is 3. The quantitative estimate of drug-likeness (QED) is 0.551. The van der Waals surface area contributed by atoms with Gasteiger partial charge in [-0.1, -0.05) is 45.8 Å². The number of aromatic nitrogens is 3. The first-order chi connectivity index (χ1) is 12.0. The van der Waals surface area contributed by atoms with Gasteiger partial charge in [-0.15, -0.1) is 0 Å². The molecule has 2 aromatic carbocycles. The van der Waals surface area contributed by atoms with Gasteiger partial charge in [0.25, 0.3) is 5.91 Å². The van der Waals surface area contributed by atoms with Gasteiger partial charge in [0.15, 0.2) is 5.82 Å². The molecule has 0 saturated heterocycles. The third-order valence-electron chi connectivity index (χ3n) is 3.48. The van der Waals surface area contributed by atoms with Gasteiger partial charge in [0.05, 0.1) is 5.70 Å². The van der Waals surface area contributed by atoms with Crippen molar-refractivity contribution in [3.8, 4) is 0 Å². The van der Waals surface area contributed by atoms with E-state index in [2.05, 4.69) is 36.4 Å². The van der Waals surface area contributed by atoms with Crippen LogP contribution in [0.2, 0.25) is 0 Å². The smallest absolute Gasteiger partial charge is 0.255 e. The molecule has 0 atom stereocenters. The SMILES string of the molecule is Cc1ccc(C(=O)N/C(=C/c2cccc(Br)c2)c2nc(=S)[nH][nH]2)cc1. The van der Waals surface area contributed by atoms with E-state index in [1.807, 2.05) is 49.4 Å². The fourth-order valence-corrected chi connectivity index (χ4v) is 2.78. The molecule has 3 N–H and O–H groups in total. The van der Waals surface area contributed by atoms with Gasteiger partial charge in [0.1, 0.15) is 0 Å². The van der Waals surface area contributed by atoms with Gasteiger partial charge < -0.3 is 5.32 Å². The average Bonchev–Trinajstić information content (AvgIpc) is 3.01. The normalized spacial score (nSPS) is 11.4. The summed E-state index contributed by atoms with van der Waals surface area (Å²) in [7, 11) is 0. The number of benzene rings is 2.